The van der Waals surface area contributed by atoms with Gasteiger partial charge in [-0.2, -0.15) is 0 Å². The number of esters is 2. The third-order valence-electron chi connectivity index (χ3n) is 5.12. The molecule has 6 nitrogen and oxygen atoms in total. The van der Waals surface area contributed by atoms with Crippen LogP contribution in [0.1, 0.15) is 23.2 Å². The van der Waals surface area contributed by atoms with Crippen molar-refractivity contribution < 1.29 is 24.2 Å². The van der Waals surface area contributed by atoms with E-state index in [1.165, 1.54) is 14.2 Å². The summed E-state index contributed by atoms with van der Waals surface area (Å²) < 4.78 is 9.88. The molecule has 2 aromatic rings. The molecule has 1 N–H and O–H groups in total. The van der Waals surface area contributed by atoms with Gasteiger partial charge in [0, 0.05) is 0 Å². The summed E-state index contributed by atoms with van der Waals surface area (Å²) in [5.41, 5.74) is 1.68. The maximum Gasteiger partial charge on any atom is 0.339 e. The normalized spacial score (nSPS) is 22.6. The topological polar surface area (TPSA) is 76.1 Å². The molecule has 0 aliphatic carbocycles. The number of carbonyl (C=O) groups excluding carboxylic acids is 2. The van der Waals surface area contributed by atoms with Gasteiger partial charge in [0.15, 0.2) is 0 Å². The Balaban J connectivity index is 2.26. The zero-order chi connectivity index (χ0) is 20.3. The van der Waals surface area contributed by atoms with Crippen molar-refractivity contribution in [2.75, 3.05) is 21.3 Å². The van der Waals surface area contributed by atoms with Crippen LogP contribution in [-0.2, 0) is 19.1 Å². The molecule has 0 bridgehead atoms. The molecule has 1 heterocycles. The van der Waals surface area contributed by atoms with Gasteiger partial charge in [-0.3, -0.25) is 9.69 Å². The van der Waals surface area contributed by atoms with Crippen molar-refractivity contribution in [2.45, 2.75) is 12.1 Å². The minimum absolute atomic E-state index is 0.0405. The van der Waals surface area contributed by atoms with Gasteiger partial charge < -0.3 is 14.6 Å². The van der Waals surface area contributed by atoms with Crippen molar-refractivity contribution in [3.63, 3.8) is 0 Å². The van der Waals surface area contributed by atoms with E-state index in [0.29, 0.717) is 0 Å². The van der Waals surface area contributed by atoms with Crippen LogP contribution in [-0.4, -0.2) is 43.2 Å². The largest absolute Gasteiger partial charge is 0.511 e. The van der Waals surface area contributed by atoms with Crippen molar-refractivity contribution in [3.8, 4) is 0 Å². The van der Waals surface area contributed by atoms with Gasteiger partial charge in [-0.15, -0.1) is 0 Å². The van der Waals surface area contributed by atoms with Crippen LogP contribution in [0.3, 0.4) is 0 Å². The van der Waals surface area contributed by atoms with Crippen molar-refractivity contribution in [1.29, 1.82) is 0 Å². The highest BCUT2D eigenvalue weighted by atomic mass is 16.5. The van der Waals surface area contributed by atoms with Crippen molar-refractivity contribution in [2.24, 2.45) is 5.92 Å². The van der Waals surface area contributed by atoms with Gasteiger partial charge in [0.2, 0.25) is 0 Å². The first-order valence-corrected chi connectivity index (χ1v) is 8.92. The average Bonchev–Trinajstić information content (AvgIpc) is 2.74. The van der Waals surface area contributed by atoms with Crippen LogP contribution in [0.2, 0.25) is 0 Å². The standard InChI is InChI=1S/C22H23NO5/c1-23-18(14-10-6-4-7-11-14)16(21(25)27-2)20(24)17(22(26)28-3)19(23)15-12-8-5-9-13-15/h4-13,16,18-19,24H,1-3H3/t16-,18-,19+/m1/s1. The summed E-state index contributed by atoms with van der Waals surface area (Å²) in [4.78, 5) is 27.1. The first-order valence-electron chi connectivity index (χ1n) is 8.92. The number of aliphatic hydroxyl groups is 1. The zero-order valence-electron chi connectivity index (χ0n) is 16.0. The summed E-state index contributed by atoms with van der Waals surface area (Å²) in [5.74, 6) is -2.67. The van der Waals surface area contributed by atoms with Gasteiger partial charge in [0.1, 0.15) is 11.7 Å². The number of methoxy groups -OCH3 is 2. The van der Waals surface area contributed by atoms with E-state index in [0.717, 1.165) is 11.1 Å². The third kappa shape index (κ3) is 3.39. The lowest BCUT2D eigenvalue weighted by Crippen LogP contribution is -2.45. The summed E-state index contributed by atoms with van der Waals surface area (Å²) in [6, 6.07) is 17.6. The molecular weight excluding hydrogens is 358 g/mol. The number of nitrogens with zero attached hydrogens (tertiary/aromatic N) is 1. The van der Waals surface area contributed by atoms with E-state index in [2.05, 4.69) is 0 Å². The van der Waals surface area contributed by atoms with E-state index < -0.39 is 29.9 Å². The number of benzene rings is 2. The molecule has 0 fully saturated rings. The van der Waals surface area contributed by atoms with E-state index in [9.17, 15) is 14.7 Å². The van der Waals surface area contributed by atoms with Gasteiger partial charge in [0.25, 0.3) is 0 Å². The molecule has 1 aliphatic rings. The van der Waals surface area contributed by atoms with Gasteiger partial charge in [-0.05, 0) is 18.2 Å². The summed E-state index contributed by atoms with van der Waals surface area (Å²) in [5, 5.41) is 11.1. The second-order valence-electron chi connectivity index (χ2n) is 6.63. The highest BCUT2D eigenvalue weighted by Crippen LogP contribution is 2.47. The molecule has 0 spiro atoms. The van der Waals surface area contributed by atoms with Crippen LogP contribution in [0.4, 0.5) is 0 Å². The second kappa shape index (κ2) is 8.27. The number of hydrogen-bond donors (Lipinski definition) is 1. The van der Waals surface area contributed by atoms with Gasteiger partial charge >= 0.3 is 11.9 Å². The fourth-order valence-corrected chi connectivity index (χ4v) is 3.87. The first-order chi connectivity index (χ1) is 13.5. The average molecular weight is 381 g/mol. The fraction of sp³-hybridized carbons (Fsp3) is 0.273. The van der Waals surface area contributed by atoms with Crippen LogP contribution in [0.15, 0.2) is 72.0 Å². The number of likely N-dealkylation sites (N-methyl/N-ethyl adjacent to an activating group) is 1. The molecule has 0 saturated carbocycles. The molecule has 3 atom stereocenters. The molecular formula is C22H23NO5. The Morgan fingerprint density at radius 1 is 0.893 bits per heavy atom. The first kappa shape index (κ1) is 19.6. The van der Waals surface area contributed by atoms with Crippen LogP contribution >= 0.6 is 0 Å². The Labute approximate surface area is 164 Å². The molecule has 28 heavy (non-hydrogen) atoms. The number of rotatable bonds is 4. The molecule has 2 aromatic carbocycles. The smallest absolute Gasteiger partial charge is 0.339 e. The Morgan fingerprint density at radius 2 is 1.43 bits per heavy atom. The predicted molar refractivity (Wildman–Crippen MR) is 103 cm³/mol. The highest BCUT2D eigenvalue weighted by molar-refractivity contribution is 5.93. The predicted octanol–water partition coefficient (Wildman–Crippen LogP) is 3.19. The number of aliphatic hydroxyl groups excluding tert-OH is 1. The van der Waals surface area contributed by atoms with Gasteiger partial charge in [-0.1, -0.05) is 60.7 Å². The van der Waals surface area contributed by atoms with E-state index in [1.54, 1.807) is 0 Å². The number of carbonyl (C=O) groups is 2. The zero-order valence-corrected chi connectivity index (χ0v) is 16.0. The van der Waals surface area contributed by atoms with Gasteiger partial charge in [-0.25, -0.2) is 4.79 Å². The Bertz CT molecular complexity index is 878. The lowest BCUT2D eigenvalue weighted by atomic mass is 9.79. The van der Waals surface area contributed by atoms with Gasteiger partial charge in [0.05, 0.1) is 31.9 Å². The molecule has 0 radical (unpaired) electrons. The Hall–Kier alpha value is -3.12. The molecule has 3 rings (SSSR count). The Morgan fingerprint density at radius 3 is 1.93 bits per heavy atom. The van der Waals surface area contributed by atoms with Crippen LogP contribution in [0.5, 0.6) is 0 Å². The minimum Gasteiger partial charge on any atom is -0.511 e. The maximum absolute atomic E-state index is 12.6. The minimum atomic E-state index is -1.05. The van der Waals surface area contributed by atoms with Crippen molar-refractivity contribution in [3.05, 3.63) is 83.1 Å². The lowest BCUT2D eigenvalue weighted by Gasteiger charge is -2.43. The monoisotopic (exact) mass is 381 g/mol. The third-order valence-corrected chi connectivity index (χ3v) is 5.12. The SMILES string of the molecule is COC(=O)C1=C(O)[C@H](C(=O)OC)[C@@H](c2ccccc2)N(C)[C@H]1c1ccccc1. The number of ether oxygens (including phenoxy) is 2. The fourth-order valence-electron chi connectivity index (χ4n) is 3.87. The molecule has 0 amide bonds. The lowest BCUT2D eigenvalue weighted by molar-refractivity contribution is -0.149. The molecule has 0 aromatic heterocycles. The maximum atomic E-state index is 12.6. The summed E-state index contributed by atoms with van der Waals surface area (Å²) >= 11 is 0. The number of hydrogen-bond acceptors (Lipinski definition) is 6. The van der Waals surface area contributed by atoms with E-state index in [1.807, 2.05) is 72.6 Å². The summed E-state index contributed by atoms with van der Waals surface area (Å²) in [6.45, 7) is 0. The highest BCUT2D eigenvalue weighted by Gasteiger charge is 2.48. The second-order valence-corrected chi connectivity index (χ2v) is 6.63. The van der Waals surface area contributed by atoms with E-state index in [4.69, 9.17) is 9.47 Å². The summed E-state index contributed by atoms with van der Waals surface area (Å²) in [6.07, 6.45) is 0. The molecule has 6 heteroatoms. The van der Waals surface area contributed by atoms with E-state index >= 15 is 0 Å². The molecule has 146 valence electrons. The van der Waals surface area contributed by atoms with Crippen LogP contribution in [0, 0.1) is 5.92 Å². The molecule has 0 saturated heterocycles. The quantitative estimate of drug-likeness (QED) is 0.820. The van der Waals surface area contributed by atoms with E-state index in [-0.39, 0.29) is 11.3 Å². The van der Waals surface area contributed by atoms with Crippen LogP contribution in [0.25, 0.3) is 0 Å². The summed E-state index contributed by atoms with van der Waals surface area (Å²) in [7, 11) is 4.33. The van der Waals surface area contributed by atoms with Crippen LogP contribution < -0.4 is 0 Å². The van der Waals surface area contributed by atoms with Crippen molar-refractivity contribution >= 4 is 11.9 Å². The molecule has 1 aliphatic heterocycles. The molecule has 0 unspecified atom stereocenters. The Kier molecular flexibility index (Phi) is 5.80. The van der Waals surface area contributed by atoms with Crippen molar-refractivity contribution in [1.82, 2.24) is 4.90 Å².